The first-order chi connectivity index (χ1) is 10.4. The lowest BCUT2D eigenvalue weighted by Crippen LogP contribution is -2.35. The molecule has 0 radical (unpaired) electrons. The molecule has 0 bridgehead atoms. The third-order valence-corrected chi connectivity index (χ3v) is 3.46. The van der Waals surface area contributed by atoms with Crippen molar-refractivity contribution in [2.75, 3.05) is 59.3 Å². The smallest absolute Gasteiger partial charge is 0.0916 e. The highest BCUT2D eigenvalue weighted by Crippen LogP contribution is 2.13. The van der Waals surface area contributed by atoms with Gasteiger partial charge >= 0.3 is 0 Å². The highest BCUT2D eigenvalue weighted by atomic mass is 16.5. The fourth-order valence-corrected chi connectivity index (χ4v) is 2.25. The average molecular weight is 295 g/mol. The summed E-state index contributed by atoms with van der Waals surface area (Å²) in [4.78, 5) is 2.18. The maximum Gasteiger partial charge on any atom is 0.0916 e. The van der Waals surface area contributed by atoms with Crippen LogP contribution in [0.25, 0.3) is 0 Å². The molecule has 1 aliphatic heterocycles. The molecule has 0 spiro atoms. The SMILES string of the molecule is OC(CN1CCOCCOCCOCC1)c1ccccc1. The lowest BCUT2D eigenvalue weighted by molar-refractivity contribution is -0.0117. The molecule has 1 unspecified atom stereocenters. The molecule has 5 nitrogen and oxygen atoms in total. The van der Waals surface area contributed by atoms with Crippen LogP contribution in [-0.4, -0.2) is 69.3 Å². The van der Waals surface area contributed by atoms with Crippen LogP contribution in [0.1, 0.15) is 11.7 Å². The summed E-state index contributed by atoms with van der Waals surface area (Å²) in [5.41, 5.74) is 0.943. The van der Waals surface area contributed by atoms with Crippen LogP contribution in [0.2, 0.25) is 0 Å². The van der Waals surface area contributed by atoms with Crippen LogP contribution >= 0.6 is 0 Å². The summed E-state index contributed by atoms with van der Waals surface area (Å²) in [5, 5.41) is 10.3. The summed E-state index contributed by atoms with van der Waals surface area (Å²) in [7, 11) is 0. The van der Waals surface area contributed by atoms with E-state index in [0.717, 1.165) is 18.7 Å². The lowest BCUT2D eigenvalue weighted by Gasteiger charge is -2.25. The molecule has 0 aliphatic carbocycles. The van der Waals surface area contributed by atoms with Gasteiger partial charge in [0.2, 0.25) is 0 Å². The Labute approximate surface area is 126 Å². The number of ether oxygens (including phenoxy) is 3. The molecule has 1 N–H and O–H groups in total. The third kappa shape index (κ3) is 6.54. The molecule has 0 saturated carbocycles. The van der Waals surface area contributed by atoms with Crippen molar-refractivity contribution in [1.29, 1.82) is 0 Å². The largest absolute Gasteiger partial charge is 0.387 e. The Morgan fingerprint density at radius 2 is 1.38 bits per heavy atom. The fraction of sp³-hybridized carbons (Fsp3) is 0.625. The number of hydrogen-bond acceptors (Lipinski definition) is 5. The number of benzene rings is 1. The van der Waals surface area contributed by atoms with E-state index in [1.165, 1.54) is 0 Å². The Morgan fingerprint density at radius 3 is 1.95 bits per heavy atom. The van der Waals surface area contributed by atoms with E-state index < -0.39 is 6.10 Å². The first kappa shape index (κ1) is 16.4. The van der Waals surface area contributed by atoms with Crippen LogP contribution in [0, 0.1) is 0 Å². The molecule has 1 aliphatic rings. The Kier molecular flexibility index (Phi) is 7.70. The standard InChI is InChI=1S/C16H25NO4/c18-16(15-4-2-1-3-5-15)14-17-6-8-19-10-12-21-13-11-20-9-7-17/h1-5,16,18H,6-14H2. The minimum Gasteiger partial charge on any atom is -0.387 e. The molecule has 5 heteroatoms. The number of β-amino-alcohol motifs (C(OH)–C–C–N with tert-alkyl or cyclic N) is 1. The van der Waals surface area contributed by atoms with Crippen molar-refractivity contribution in [1.82, 2.24) is 4.90 Å². The Bertz CT molecular complexity index is 362. The summed E-state index contributed by atoms with van der Waals surface area (Å²) >= 11 is 0. The Morgan fingerprint density at radius 1 is 0.857 bits per heavy atom. The molecule has 1 fully saturated rings. The maximum absolute atomic E-state index is 10.3. The number of rotatable bonds is 3. The molecule has 1 aromatic rings. The van der Waals surface area contributed by atoms with Crippen LogP contribution in [0.5, 0.6) is 0 Å². The van der Waals surface area contributed by atoms with E-state index in [1.54, 1.807) is 0 Å². The second-order valence-electron chi connectivity index (χ2n) is 5.06. The van der Waals surface area contributed by atoms with Gasteiger partial charge in [-0.25, -0.2) is 0 Å². The van der Waals surface area contributed by atoms with Gasteiger partial charge in [0, 0.05) is 19.6 Å². The fourth-order valence-electron chi connectivity index (χ4n) is 2.25. The molecular weight excluding hydrogens is 270 g/mol. The van der Waals surface area contributed by atoms with Gasteiger partial charge in [-0.3, -0.25) is 4.90 Å². The minimum atomic E-state index is -0.484. The normalized spacial score (nSPS) is 21.2. The molecule has 1 atom stereocenters. The van der Waals surface area contributed by atoms with E-state index in [0.29, 0.717) is 46.2 Å². The van der Waals surface area contributed by atoms with E-state index in [-0.39, 0.29) is 0 Å². The topological polar surface area (TPSA) is 51.2 Å². The zero-order chi connectivity index (χ0) is 14.8. The van der Waals surface area contributed by atoms with Gasteiger partial charge in [0.15, 0.2) is 0 Å². The van der Waals surface area contributed by atoms with E-state index in [1.807, 2.05) is 30.3 Å². The Balaban J connectivity index is 1.82. The third-order valence-electron chi connectivity index (χ3n) is 3.46. The van der Waals surface area contributed by atoms with Gasteiger partial charge in [0.1, 0.15) is 0 Å². The lowest BCUT2D eigenvalue weighted by atomic mass is 10.1. The first-order valence-corrected chi connectivity index (χ1v) is 7.55. The van der Waals surface area contributed by atoms with Crippen LogP contribution in [0.4, 0.5) is 0 Å². The second kappa shape index (κ2) is 9.87. The average Bonchev–Trinajstić information content (AvgIpc) is 2.51. The van der Waals surface area contributed by atoms with Crippen LogP contribution in [0.15, 0.2) is 30.3 Å². The molecule has 0 aromatic heterocycles. The summed E-state index contributed by atoms with van der Waals surface area (Å²) in [6.45, 7) is 5.87. The summed E-state index contributed by atoms with van der Waals surface area (Å²) in [6, 6.07) is 9.75. The summed E-state index contributed by atoms with van der Waals surface area (Å²) in [6.07, 6.45) is -0.484. The number of nitrogens with zero attached hydrogens (tertiary/aromatic N) is 1. The predicted molar refractivity (Wildman–Crippen MR) is 80.3 cm³/mol. The molecule has 0 amide bonds. The maximum atomic E-state index is 10.3. The van der Waals surface area contributed by atoms with Crippen LogP contribution in [0.3, 0.4) is 0 Å². The van der Waals surface area contributed by atoms with Crippen molar-refractivity contribution in [3.63, 3.8) is 0 Å². The van der Waals surface area contributed by atoms with Crippen molar-refractivity contribution >= 4 is 0 Å². The van der Waals surface area contributed by atoms with E-state index >= 15 is 0 Å². The van der Waals surface area contributed by atoms with Crippen molar-refractivity contribution in [2.24, 2.45) is 0 Å². The molecule has 118 valence electrons. The number of aliphatic hydroxyl groups is 1. The highest BCUT2D eigenvalue weighted by molar-refractivity contribution is 5.17. The van der Waals surface area contributed by atoms with Crippen LogP contribution in [-0.2, 0) is 14.2 Å². The zero-order valence-corrected chi connectivity index (χ0v) is 12.4. The zero-order valence-electron chi connectivity index (χ0n) is 12.4. The molecule has 1 heterocycles. The molecule has 1 saturated heterocycles. The highest BCUT2D eigenvalue weighted by Gasteiger charge is 2.13. The van der Waals surface area contributed by atoms with Crippen molar-refractivity contribution < 1.29 is 19.3 Å². The quantitative estimate of drug-likeness (QED) is 0.904. The number of hydrogen-bond donors (Lipinski definition) is 1. The molecule has 21 heavy (non-hydrogen) atoms. The van der Waals surface area contributed by atoms with Gasteiger partial charge in [-0.05, 0) is 5.56 Å². The van der Waals surface area contributed by atoms with Crippen molar-refractivity contribution in [2.45, 2.75) is 6.10 Å². The first-order valence-electron chi connectivity index (χ1n) is 7.55. The van der Waals surface area contributed by atoms with E-state index in [2.05, 4.69) is 4.90 Å². The Hall–Kier alpha value is -0.980. The van der Waals surface area contributed by atoms with E-state index in [9.17, 15) is 5.11 Å². The predicted octanol–water partition coefficient (Wildman–Crippen LogP) is 1.09. The molecule has 1 aromatic carbocycles. The van der Waals surface area contributed by atoms with Gasteiger partial charge in [-0.15, -0.1) is 0 Å². The van der Waals surface area contributed by atoms with Gasteiger partial charge in [-0.2, -0.15) is 0 Å². The molecular formula is C16H25NO4. The summed E-state index contributed by atoms with van der Waals surface area (Å²) in [5.74, 6) is 0. The van der Waals surface area contributed by atoms with Gasteiger partial charge in [0.25, 0.3) is 0 Å². The van der Waals surface area contributed by atoms with Crippen molar-refractivity contribution in [3.05, 3.63) is 35.9 Å². The van der Waals surface area contributed by atoms with Gasteiger partial charge < -0.3 is 19.3 Å². The second-order valence-corrected chi connectivity index (χ2v) is 5.06. The number of aliphatic hydroxyl groups excluding tert-OH is 1. The van der Waals surface area contributed by atoms with Crippen molar-refractivity contribution in [3.8, 4) is 0 Å². The van der Waals surface area contributed by atoms with E-state index in [4.69, 9.17) is 14.2 Å². The van der Waals surface area contributed by atoms with Gasteiger partial charge in [-0.1, -0.05) is 30.3 Å². The monoisotopic (exact) mass is 295 g/mol. The summed E-state index contributed by atoms with van der Waals surface area (Å²) < 4.78 is 16.4. The minimum absolute atomic E-state index is 0.484. The van der Waals surface area contributed by atoms with Crippen LogP contribution < -0.4 is 0 Å². The molecule has 2 rings (SSSR count). The van der Waals surface area contributed by atoms with Gasteiger partial charge in [0.05, 0.1) is 45.7 Å².